The summed E-state index contributed by atoms with van der Waals surface area (Å²) >= 11 is 12.2. The van der Waals surface area contributed by atoms with E-state index >= 15 is 0 Å². The molecule has 14 heavy (non-hydrogen) atoms. The van der Waals surface area contributed by atoms with Crippen molar-refractivity contribution in [3.05, 3.63) is 33.3 Å². The molecule has 1 aliphatic rings. The Kier molecular flexibility index (Phi) is 3.01. The average Bonchev–Trinajstić information content (AvgIpc) is 2.67. The average molecular weight is 231 g/mol. The van der Waals surface area contributed by atoms with Gasteiger partial charge in [0.1, 0.15) is 0 Å². The molecule has 0 N–H and O–H groups in total. The highest BCUT2D eigenvalue weighted by Gasteiger charge is 2.21. The first-order valence-electron chi connectivity index (χ1n) is 4.76. The Morgan fingerprint density at radius 2 is 2.14 bits per heavy atom. The lowest BCUT2D eigenvalue weighted by molar-refractivity contribution is 0.112. The number of hydrogen-bond donors (Lipinski definition) is 0. The second kappa shape index (κ2) is 4.09. The highest BCUT2D eigenvalue weighted by Crippen LogP contribution is 2.36. The van der Waals surface area contributed by atoms with E-state index in [1.807, 2.05) is 19.1 Å². The van der Waals surface area contributed by atoms with Crippen LogP contribution in [0.3, 0.4) is 0 Å². The van der Waals surface area contributed by atoms with Crippen molar-refractivity contribution >= 4 is 23.2 Å². The SMILES string of the molecule is Cc1c(Cl)ccc(C2CCCO2)c1Cl. The third-order valence-electron chi connectivity index (χ3n) is 2.63. The highest BCUT2D eigenvalue weighted by molar-refractivity contribution is 6.36. The molecule has 1 atom stereocenters. The molecule has 1 fully saturated rings. The van der Waals surface area contributed by atoms with Crippen LogP contribution in [0.2, 0.25) is 10.0 Å². The monoisotopic (exact) mass is 230 g/mol. The zero-order valence-corrected chi connectivity index (χ0v) is 9.53. The van der Waals surface area contributed by atoms with Crippen LogP contribution in [-0.2, 0) is 4.74 Å². The fourth-order valence-corrected chi connectivity index (χ4v) is 2.25. The van der Waals surface area contributed by atoms with Crippen LogP contribution in [0.5, 0.6) is 0 Å². The molecule has 1 aromatic rings. The first-order valence-corrected chi connectivity index (χ1v) is 5.52. The predicted octanol–water partition coefficient (Wildman–Crippen LogP) is 4.15. The van der Waals surface area contributed by atoms with E-state index in [0.717, 1.165) is 40.6 Å². The molecule has 0 amide bonds. The van der Waals surface area contributed by atoms with Crippen LogP contribution in [0.15, 0.2) is 12.1 Å². The van der Waals surface area contributed by atoms with Crippen molar-refractivity contribution in [2.45, 2.75) is 25.9 Å². The highest BCUT2D eigenvalue weighted by atomic mass is 35.5. The van der Waals surface area contributed by atoms with Gasteiger partial charge in [-0.25, -0.2) is 0 Å². The molecule has 1 aromatic carbocycles. The van der Waals surface area contributed by atoms with Gasteiger partial charge in [-0.1, -0.05) is 29.3 Å². The first-order chi connectivity index (χ1) is 6.70. The van der Waals surface area contributed by atoms with Crippen LogP contribution >= 0.6 is 23.2 Å². The fraction of sp³-hybridized carbons (Fsp3) is 0.455. The lowest BCUT2D eigenvalue weighted by Crippen LogP contribution is -1.98. The Bertz CT molecular complexity index is 343. The largest absolute Gasteiger partial charge is 0.373 e. The van der Waals surface area contributed by atoms with Gasteiger partial charge in [0, 0.05) is 11.6 Å². The van der Waals surface area contributed by atoms with Crippen molar-refractivity contribution in [1.82, 2.24) is 0 Å². The standard InChI is InChI=1S/C11H12Cl2O/c1-7-9(12)5-4-8(11(7)13)10-3-2-6-14-10/h4-5,10H,2-3,6H2,1H3. The van der Waals surface area contributed by atoms with Gasteiger partial charge in [-0.3, -0.25) is 0 Å². The molecule has 76 valence electrons. The normalized spacial score (nSPS) is 21.5. The van der Waals surface area contributed by atoms with E-state index in [2.05, 4.69) is 0 Å². The number of benzene rings is 1. The molecule has 3 heteroatoms. The maximum Gasteiger partial charge on any atom is 0.0840 e. The molecule has 1 aliphatic heterocycles. The van der Waals surface area contributed by atoms with Crippen molar-refractivity contribution in [3.63, 3.8) is 0 Å². The Labute approximate surface area is 94.0 Å². The van der Waals surface area contributed by atoms with Gasteiger partial charge >= 0.3 is 0 Å². The molecule has 2 rings (SSSR count). The van der Waals surface area contributed by atoms with E-state index in [-0.39, 0.29) is 6.10 Å². The first kappa shape index (κ1) is 10.3. The smallest absolute Gasteiger partial charge is 0.0840 e. The summed E-state index contributed by atoms with van der Waals surface area (Å²) in [7, 11) is 0. The van der Waals surface area contributed by atoms with Crippen LogP contribution in [0.4, 0.5) is 0 Å². The second-order valence-electron chi connectivity index (χ2n) is 3.58. The summed E-state index contributed by atoms with van der Waals surface area (Å²) in [6.07, 6.45) is 2.34. The van der Waals surface area contributed by atoms with Crippen molar-refractivity contribution in [3.8, 4) is 0 Å². The van der Waals surface area contributed by atoms with Crippen molar-refractivity contribution < 1.29 is 4.74 Å². The van der Waals surface area contributed by atoms with Crippen LogP contribution in [0.1, 0.15) is 30.1 Å². The van der Waals surface area contributed by atoms with Gasteiger partial charge in [0.2, 0.25) is 0 Å². The molecule has 0 bridgehead atoms. The van der Waals surface area contributed by atoms with Gasteiger partial charge in [0.15, 0.2) is 0 Å². The number of ether oxygens (including phenoxy) is 1. The summed E-state index contributed by atoms with van der Waals surface area (Å²) in [5.41, 5.74) is 2.02. The number of rotatable bonds is 1. The number of halogens is 2. The third kappa shape index (κ3) is 1.77. The summed E-state index contributed by atoms with van der Waals surface area (Å²) in [5.74, 6) is 0. The van der Waals surface area contributed by atoms with Gasteiger partial charge in [-0.05, 0) is 37.0 Å². The predicted molar refractivity (Wildman–Crippen MR) is 59.1 cm³/mol. The maximum atomic E-state index is 6.21. The van der Waals surface area contributed by atoms with Crippen LogP contribution in [0, 0.1) is 6.92 Å². The van der Waals surface area contributed by atoms with Crippen LogP contribution in [-0.4, -0.2) is 6.61 Å². The Balaban J connectivity index is 2.38. The second-order valence-corrected chi connectivity index (χ2v) is 4.36. The van der Waals surface area contributed by atoms with E-state index in [4.69, 9.17) is 27.9 Å². The van der Waals surface area contributed by atoms with E-state index in [1.165, 1.54) is 0 Å². The molecule has 0 saturated carbocycles. The molecule has 0 spiro atoms. The van der Waals surface area contributed by atoms with E-state index in [0.29, 0.717) is 0 Å². The molecule has 0 radical (unpaired) electrons. The Morgan fingerprint density at radius 1 is 1.36 bits per heavy atom. The molecule has 1 unspecified atom stereocenters. The molecule has 1 nitrogen and oxygen atoms in total. The van der Waals surface area contributed by atoms with Gasteiger partial charge in [-0.2, -0.15) is 0 Å². The molecule has 0 aliphatic carbocycles. The quantitative estimate of drug-likeness (QED) is 0.705. The van der Waals surface area contributed by atoms with Crippen molar-refractivity contribution in [2.24, 2.45) is 0 Å². The molecule has 1 saturated heterocycles. The maximum absolute atomic E-state index is 6.21. The minimum atomic E-state index is 0.165. The minimum absolute atomic E-state index is 0.165. The molecular formula is C11H12Cl2O. The molecule has 1 heterocycles. The fourth-order valence-electron chi connectivity index (χ4n) is 1.75. The number of hydrogen-bond acceptors (Lipinski definition) is 1. The summed E-state index contributed by atoms with van der Waals surface area (Å²) in [6.45, 7) is 2.77. The van der Waals surface area contributed by atoms with Gasteiger partial charge in [0.25, 0.3) is 0 Å². The van der Waals surface area contributed by atoms with Gasteiger partial charge in [-0.15, -0.1) is 0 Å². The van der Waals surface area contributed by atoms with Crippen LogP contribution in [0.25, 0.3) is 0 Å². The Hall–Kier alpha value is -0.240. The Morgan fingerprint density at radius 3 is 2.79 bits per heavy atom. The lowest BCUT2D eigenvalue weighted by Gasteiger charge is -2.13. The van der Waals surface area contributed by atoms with Gasteiger partial charge < -0.3 is 4.74 Å². The molecule has 0 aromatic heterocycles. The zero-order valence-electron chi connectivity index (χ0n) is 8.02. The van der Waals surface area contributed by atoms with E-state index < -0.39 is 0 Å². The van der Waals surface area contributed by atoms with E-state index in [9.17, 15) is 0 Å². The zero-order chi connectivity index (χ0) is 10.1. The van der Waals surface area contributed by atoms with Crippen LogP contribution < -0.4 is 0 Å². The molecular weight excluding hydrogens is 219 g/mol. The minimum Gasteiger partial charge on any atom is -0.373 e. The van der Waals surface area contributed by atoms with E-state index in [1.54, 1.807) is 0 Å². The summed E-state index contributed by atoms with van der Waals surface area (Å²) in [5, 5.41) is 1.47. The van der Waals surface area contributed by atoms with Crippen molar-refractivity contribution in [2.75, 3.05) is 6.61 Å². The third-order valence-corrected chi connectivity index (χ3v) is 3.54. The van der Waals surface area contributed by atoms with Gasteiger partial charge in [0.05, 0.1) is 11.1 Å². The summed E-state index contributed by atoms with van der Waals surface area (Å²) < 4.78 is 5.59. The summed E-state index contributed by atoms with van der Waals surface area (Å²) in [6, 6.07) is 3.85. The summed E-state index contributed by atoms with van der Waals surface area (Å²) in [4.78, 5) is 0. The van der Waals surface area contributed by atoms with Crippen molar-refractivity contribution in [1.29, 1.82) is 0 Å². The topological polar surface area (TPSA) is 9.23 Å². The lowest BCUT2D eigenvalue weighted by atomic mass is 10.0.